The molecular formula is C15H21NO4. The highest BCUT2D eigenvalue weighted by Gasteiger charge is 2.11. The van der Waals surface area contributed by atoms with Crippen LogP contribution in [0, 0.1) is 13.8 Å². The van der Waals surface area contributed by atoms with E-state index in [1.54, 1.807) is 19.2 Å². The maximum Gasteiger partial charge on any atom is 0.258 e. The van der Waals surface area contributed by atoms with Crippen molar-refractivity contribution in [3.63, 3.8) is 0 Å². The number of aldehydes is 1. The van der Waals surface area contributed by atoms with Crippen molar-refractivity contribution in [2.24, 2.45) is 0 Å². The van der Waals surface area contributed by atoms with E-state index in [4.69, 9.17) is 9.47 Å². The van der Waals surface area contributed by atoms with Crippen LogP contribution < -0.4 is 10.1 Å². The van der Waals surface area contributed by atoms with E-state index in [1.165, 1.54) is 0 Å². The van der Waals surface area contributed by atoms with Crippen molar-refractivity contribution in [1.29, 1.82) is 0 Å². The molecule has 0 saturated carbocycles. The average Bonchev–Trinajstić information content (AvgIpc) is 2.37. The van der Waals surface area contributed by atoms with Gasteiger partial charge in [-0.05, 0) is 44.0 Å². The summed E-state index contributed by atoms with van der Waals surface area (Å²) < 4.78 is 10.5. The zero-order valence-corrected chi connectivity index (χ0v) is 12.4. The number of amides is 1. The number of benzene rings is 1. The van der Waals surface area contributed by atoms with E-state index in [0.717, 1.165) is 17.4 Å². The summed E-state index contributed by atoms with van der Waals surface area (Å²) in [5.41, 5.74) is 2.28. The summed E-state index contributed by atoms with van der Waals surface area (Å²) in [6.45, 7) is 5.95. The van der Waals surface area contributed by atoms with Crippen molar-refractivity contribution in [2.75, 3.05) is 20.3 Å². The summed E-state index contributed by atoms with van der Waals surface area (Å²) in [5, 5.41) is 2.77. The lowest BCUT2D eigenvalue weighted by Crippen LogP contribution is -2.38. The minimum atomic E-state index is -0.201. The Morgan fingerprint density at radius 3 is 2.45 bits per heavy atom. The zero-order valence-electron chi connectivity index (χ0n) is 12.4. The summed E-state index contributed by atoms with van der Waals surface area (Å²) in [6, 6.07) is 3.41. The minimum absolute atomic E-state index is 0.0594. The number of nitrogens with one attached hydrogen (secondary N) is 1. The Labute approximate surface area is 119 Å². The number of rotatable bonds is 7. The molecule has 20 heavy (non-hydrogen) atoms. The van der Waals surface area contributed by atoms with Gasteiger partial charge in [-0.25, -0.2) is 0 Å². The second-order valence-electron chi connectivity index (χ2n) is 4.81. The Bertz CT molecular complexity index is 462. The Morgan fingerprint density at radius 2 is 1.95 bits per heavy atom. The predicted molar refractivity (Wildman–Crippen MR) is 76.3 cm³/mol. The van der Waals surface area contributed by atoms with Crippen molar-refractivity contribution < 1.29 is 19.1 Å². The smallest absolute Gasteiger partial charge is 0.258 e. The summed E-state index contributed by atoms with van der Waals surface area (Å²) in [5.74, 6) is 0.443. The molecule has 1 aromatic carbocycles. The lowest BCUT2D eigenvalue weighted by atomic mass is 10.1. The van der Waals surface area contributed by atoms with Crippen molar-refractivity contribution in [3.05, 3.63) is 28.8 Å². The molecule has 0 aromatic heterocycles. The number of carbonyl (C=O) groups excluding carboxylic acids is 2. The molecule has 0 aliphatic rings. The molecule has 0 saturated heterocycles. The van der Waals surface area contributed by atoms with E-state index in [-0.39, 0.29) is 18.6 Å². The van der Waals surface area contributed by atoms with E-state index in [2.05, 4.69) is 5.32 Å². The molecule has 1 atom stereocenters. The second kappa shape index (κ2) is 7.65. The van der Waals surface area contributed by atoms with Crippen LogP contribution in [0.25, 0.3) is 0 Å². The first kappa shape index (κ1) is 16.2. The molecule has 5 nitrogen and oxygen atoms in total. The van der Waals surface area contributed by atoms with Crippen LogP contribution in [0.4, 0.5) is 0 Å². The first-order valence-corrected chi connectivity index (χ1v) is 6.45. The number of aryl methyl sites for hydroxylation is 2. The number of carbonyl (C=O) groups is 2. The van der Waals surface area contributed by atoms with Gasteiger partial charge in [0.05, 0.1) is 6.61 Å². The molecule has 1 amide bonds. The molecular weight excluding hydrogens is 258 g/mol. The molecule has 1 N–H and O–H groups in total. The lowest BCUT2D eigenvalue weighted by molar-refractivity contribution is -0.124. The van der Waals surface area contributed by atoms with Crippen LogP contribution in [0.1, 0.15) is 28.4 Å². The fourth-order valence-electron chi connectivity index (χ4n) is 2.03. The molecule has 0 bridgehead atoms. The summed E-state index contributed by atoms with van der Waals surface area (Å²) in [4.78, 5) is 22.5. The van der Waals surface area contributed by atoms with Gasteiger partial charge in [0.1, 0.15) is 12.0 Å². The van der Waals surface area contributed by atoms with Crippen LogP contribution in [0.5, 0.6) is 5.75 Å². The molecule has 1 rings (SSSR count). The van der Waals surface area contributed by atoms with Crippen molar-refractivity contribution >= 4 is 12.2 Å². The Balaban J connectivity index is 2.62. The van der Waals surface area contributed by atoms with Crippen LogP contribution in [0.15, 0.2) is 12.1 Å². The Kier molecular flexibility index (Phi) is 6.18. The monoisotopic (exact) mass is 279 g/mol. The molecule has 110 valence electrons. The second-order valence-corrected chi connectivity index (χ2v) is 4.81. The van der Waals surface area contributed by atoms with Crippen molar-refractivity contribution in [3.8, 4) is 5.75 Å². The van der Waals surface area contributed by atoms with Gasteiger partial charge in [-0.2, -0.15) is 0 Å². The predicted octanol–water partition coefficient (Wildman–Crippen LogP) is 1.65. The molecule has 0 fully saturated rings. The van der Waals surface area contributed by atoms with E-state index in [0.29, 0.717) is 17.9 Å². The number of methoxy groups -OCH3 is 1. The van der Waals surface area contributed by atoms with Crippen LogP contribution >= 0.6 is 0 Å². The van der Waals surface area contributed by atoms with Crippen LogP contribution in [-0.4, -0.2) is 38.6 Å². The van der Waals surface area contributed by atoms with Crippen LogP contribution in [0.2, 0.25) is 0 Å². The first-order chi connectivity index (χ1) is 9.47. The maximum atomic E-state index is 11.7. The fourth-order valence-corrected chi connectivity index (χ4v) is 2.03. The van der Waals surface area contributed by atoms with E-state index in [9.17, 15) is 9.59 Å². The van der Waals surface area contributed by atoms with Gasteiger partial charge in [0.15, 0.2) is 6.61 Å². The Hall–Kier alpha value is -1.88. The van der Waals surface area contributed by atoms with E-state index < -0.39 is 0 Å². The molecule has 0 radical (unpaired) electrons. The summed E-state index contributed by atoms with van der Waals surface area (Å²) in [6.07, 6.45) is 0.795. The highest BCUT2D eigenvalue weighted by Crippen LogP contribution is 2.24. The molecule has 5 heteroatoms. The van der Waals surface area contributed by atoms with Gasteiger partial charge < -0.3 is 14.8 Å². The van der Waals surface area contributed by atoms with Crippen LogP contribution in [-0.2, 0) is 9.53 Å². The third kappa shape index (κ3) is 4.66. The first-order valence-electron chi connectivity index (χ1n) is 6.45. The summed E-state index contributed by atoms with van der Waals surface area (Å²) >= 11 is 0. The molecule has 0 spiro atoms. The maximum absolute atomic E-state index is 11.7. The third-order valence-corrected chi connectivity index (χ3v) is 2.79. The number of hydrogen-bond donors (Lipinski definition) is 1. The molecule has 0 aliphatic carbocycles. The molecule has 1 aromatic rings. The fraction of sp³-hybridized carbons (Fsp3) is 0.467. The lowest BCUT2D eigenvalue weighted by Gasteiger charge is -2.15. The van der Waals surface area contributed by atoms with Gasteiger partial charge in [0, 0.05) is 18.7 Å². The standard InChI is InChI=1S/C15H21NO4/c1-10-5-13(7-17)6-11(2)15(10)20-9-14(18)16-12(3)8-19-4/h5-7,12H,8-9H2,1-4H3,(H,16,18). The van der Waals surface area contributed by atoms with Crippen LogP contribution in [0.3, 0.4) is 0 Å². The minimum Gasteiger partial charge on any atom is -0.483 e. The van der Waals surface area contributed by atoms with Gasteiger partial charge in [-0.3, -0.25) is 9.59 Å². The van der Waals surface area contributed by atoms with E-state index in [1.807, 2.05) is 20.8 Å². The third-order valence-electron chi connectivity index (χ3n) is 2.79. The van der Waals surface area contributed by atoms with Gasteiger partial charge in [0.2, 0.25) is 0 Å². The van der Waals surface area contributed by atoms with Gasteiger partial charge in [-0.15, -0.1) is 0 Å². The van der Waals surface area contributed by atoms with E-state index >= 15 is 0 Å². The SMILES string of the molecule is COCC(C)NC(=O)COc1c(C)cc(C=O)cc1C. The average molecular weight is 279 g/mol. The van der Waals surface area contributed by atoms with Crippen molar-refractivity contribution in [2.45, 2.75) is 26.8 Å². The van der Waals surface area contributed by atoms with Gasteiger partial charge in [0.25, 0.3) is 5.91 Å². The zero-order chi connectivity index (χ0) is 15.1. The molecule has 1 unspecified atom stereocenters. The highest BCUT2D eigenvalue weighted by molar-refractivity contribution is 5.78. The normalized spacial score (nSPS) is 11.8. The molecule has 0 heterocycles. The largest absolute Gasteiger partial charge is 0.483 e. The van der Waals surface area contributed by atoms with Gasteiger partial charge >= 0.3 is 0 Å². The van der Waals surface area contributed by atoms with Gasteiger partial charge in [-0.1, -0.05) is 0 Å². The highest BCUT2D eigenvalue weighted by atomic mass is 16.5. The topological polar surface area (TPSA) is 64.6 Å². The quantitative estimate of drug-likeness (QED) is 0.771. The van der Waals surface area contributed by atoms with Crippen molar-refractivity contribution in [1.82, 2.24) is 5.32 Å². The number of hydrogen-bond acceptors (Lipinski definition) is 4. The summed E-state index contributed by atoms with van der Waals surface area (Å²) in [7, 11) is 1.58. The number of ether oxygens (including phenoxy) is 2. The Morgan fingerprint density at radius 1 is 1.35 bits per heavy atom. The molecule has 0 aliphatic heterocycles.